The first-order valence-corrected chi connectivity index (χ1v) is 9.09. The van der Waals surface area contributed by atoms with Crippen molar-refractivity contribution in [3.05, 3.63) is 35.8 Å². The third-order valence-electron chi connectivity index (χ3n) is 5.09. The van der Waals surface area contributed by atoms with E-state index in [0.29, 0.717) is 24.4 Å². The van der Waals surface area contributed by atoms with Gasteiger partial charge in [-0.3, -0.25) is 0 Å². The van der Waals surface area contributed by atoms with Crippen LogP contribution in [0.4, 0.5) is 19.1 Å². The number of nitrogens with one attached hydrogen (secondary N) is 2. The fraction of sp³-hybridized carbons (Fsp3) is 0.368. The zero-order valence-corrected chi connectivity index (χ0v) is 15.2. The molecule has 0 saturated heterocycles. The summed E-state index contributed by atoms with van der Waals surface area (Å²) in [5.41, 5.74) is 0.104. The van der Waals surface area contributed by atoms with Crippen molar-refractivity contribution >= 4 is 17.0 Å². The van der Waals surface area contributed by atoms with Gasteiger partial charge in [0.2, 0.25) is 5.95 Å². The van der Waals surface area contributed by atoms with Crippen molar-refractivity contribution in [1.82, 2.24) is 19.9 Å². The standard InChI is InChI=1S/C19H17F3N6O/c20-19(21,22)12-4-14-15(9-25-17(14)24-8-12)16-11(5-23)7-27-18(28-16)26-6-10-1-2-13(29)3-10/h4,7-10,13,29H,1-3,6H2,(H,24,25)(H,26,27,28)/t10?,13-/m1/s1. The molecule has 1 aliphatic rings. The minimum atomic E-state index is -4.53. The zero-order valence-electron chi connectivity index (χ0n) is 15.2. The maximum atomic E-state index is 13.1. The number of hydrogen-bond donors (Lipinski definition) is 3. The van der Waals surface area contributed by atoms with Gasteiger partial charge in [-0.15, -0.1) is 0 Å². The Labute approximate surface area is 163 Å². The highest BCUT2D eigenvalue weighted by atomic mass is 19.4. The van der Waals surface area contributed by atoms with Crippen LogP contribution in [0, 0.1) is 17.2 Å². The molecule has 3 N–H and O–H groups in total. The van der Waals surface area contributed by atoms with Crippen molar-refractivity contribution in [2.45, 2.75) is 31.5 Å². The first-order chi connectivity index (χ1) is 13.8. The van der Waals surface area contributed by atoms with Crippen LogP contribution in [0.5, 0.6) is 0 Å². The van der Waals surface area contributed by atoms with E-state index in [4.69, 9.17) is 0 Å². The predicted octanol–water partition coefficient (Wildman–Crippen LogP) is 3.48. The summed E-state index contributed by atoms with van der Waals surface area (Å²) in [4.78, 5) is 15.1. The lowest BCUT2D eigenvalue weighted by molar-refractivity contribution is -0.137. The van der Waals surface area contributed by atoms with Crippen LogP contribution in [0.2, 0.25) is 0 Å². The molecule has 1 saturated carbocycles. The van der Waals surface area contributed by atoms with Crippen molar-refractivity contribution in [2.75, 3.05) is 11.9 Å². The quantitative estimate of drug-likeness (QED) is 0.616. The maximum absolute atomic E-state index is 13.1. The molecular formula is C19H17F3N6O. The number of fused-ring (bicyclic) bond motifs is 1. The highest BCUT2D eigenvalue weighted by Gasteiger charge is 2.31. The van der Waals surface area contributed by atoms with Crippen LogP contribution in [0.25, 0.3) is 22.3 Å². The van der Waals surface area contributed by atoms with Crippen LogP contribution in [0.3, 0.4) is 0 Å². The Balaban J connectivity index is 1.69. The van der Waals surface area contributed by atoms with Gasteiger partial charge in [0.25, 0.3) is 0 Å². The van der Waals surface area contributed by atoms with Crippen molar-refractivity contribution < 1.29 is 18.3 Å². The fourth-order valence-electron chi connectivity index (χ4n) is 3.58. The number of pyridine rings is 1. The molecule has 3 heterocycles. The first-order valence-electron chi connectivity index (χ1n) is 9.09. The predicted molar refractivity (Wildman–Crippen MR) is 98.7 cm³/mol. The highest BCUT2D eigenvalue weighted by Crippen LogP contribution is 2.34. The molecule has 0 aromatic carbocycles. The lowest BCUT2D eigenvalue weighted by Crippen LogP contribution is -2.14. The summed E-state index contributed by atoms with van der Waals surface area (Å²) in [7, 11) is 0. The summed E-state index contributed by atoms with van der Waals surface area (Å²) < 4.78 is 39.3. The molecule has 1 fully saturated rings. The average Bonchev–Trinajstić information content (AvgIpc) is 3.30. The Morgan fingerprint density at radius 2 is 2.10 bits per heavy atom. The number of aromatic amines is 1. The van der Waals surface area contributed by atoms with Gasteiger partial charge in [-0.05, 0) is 31.2 Å². The molecule has 10 heteroatoms. The number of alkyl halides is 3. The molecule has 0 spiro atoms. The minimum Gasteiger partial charge on any atom is -0.393 e. The van der Waals surface area contributed by atoms with Gasteiger partial charge in [0.05, 0.1) is 29.1 Å². The van der Waals surface area contributed by atoms with Crippen molar-refractivity contribution in [3.8, 4) is 17.3 Å². The lowest BCUT2D eigenvalue weighted by atomic mass is 10.1. The van der Waals surface area contributed by atoms with Crippen LogP contribution in [0.15, 0.2) is 24.7 Å². The molecule has 150 valence electrons. The Kier molecular flexibility index (Phi) is 4.84. The van der Waals surface area contributed by atoms with E-state index in [2.05, 4.69) is 25.3 Å². The van der Waals surface area contributed by atoms with E-state index in [1.807, 2.05) is 6.07 Å². The largest absolute Gasteiger partial charge is 0.417 e. The van der Waals surface area contributed by atoms with Gasteiger partial charge in [0, 0.05) is 29.9 Å². The van der Waals surface area contributed by atoms with Gasteiger partial charge in [0.1, 0.15) is 11.7 Å². The molecule has 7 nitrogen and oxygen atoms in total. The second-order valence-electron chi connectivity index (χ2n) is 7.10. The van der Waals surface area contributed by atoms with E-state index in [-0.39, 0.29) is 34.3 Å². The Morgan fingerprint density at radius 3 is 2.79 bits per heavy atom. The van der Waals surface area contributed by atoms with Gasteiger partial charge in [-0.1, -0.05) is 0 Å². The van der Waals surface area contributed by atoms with Gasteiger partial charge in [-0.25, -0.2) is 15.0 Å². The van der Waals surface area contributed by atoms with Gasteiger partial charge < -0.3 is 15.4 Å². The molecule has 29 heavy (non-hydrogen) atoms. The third-order valence-corrected chi connectivity index (χ3v) is 5.09. The molecule has 1 unspecified atom stereocenters. The monoisotopic (exact) mass is 402 g/mol. The van der Waals surface area contributed by atoms with E-state index in [1.165, 1.54) is 12.4 Å². The van der Waals surface area contributed by atoms with E-state index >= 15 is 0 Å². The van der Waals surface area contributed by atoms with Crippen molar-refractivity contribution in [2.24, 2.45) is 5.92 Å². The highest BCUT2D eigenvalue weighted by molar-refractivity contribution is 5.94. The molecule has 0 aliphatic heterocycles. The summed E-state index contributed by atoms with van der Waals surface area (Å²) in [5, 5.41) is 22.4. The normalized spacial score (nSPS) is 19.4. The first kappa shape index (κ1) is 19.1. The fourth-order valence-corrected chi connectivity index (χ4v) is 3.58. The molecule has 3 aromatic heterocycles. The number of nitriles is 1. The average molecular weight is 402 g/mol. The van der Waals surface area contributed by atoms with Crippen LogP contribution in [-0.2, 0) is 6.18 Å². The number of aliphatic hydroxyl groups is 1. The second-order valence-corrected chi connectivity index (χ2v) is 7.10. The Hall–Kier alpha value is -3.19. The van der Waals surface area contributed by atoms with Crippen LogP contribution in [0.1, 0.15) is 30.4 Å². The number of H-pyrrole nitrogens is 1. The SMILES string of the molecule is N#Cc1cnc(NCC2CC[C@@H](O)C2)nc1-c1c[nH]c2ncc(C(F)(F)F)cc12. The smallest absolute Gasteiger partial charge is 0.393 e. The Bertz CT molecular complexity index is 1090. The van der Waals surface area contributed by atoms with E-state index < -0.39 is 11.7 Å². The Morgan fingerprint density at radius 1 is 1.28 bits per heavy atom. The van der Waals surface area contributed by atoms with Crippen molar-refractivity contribution in [1.29, 1.82) is 5.26 Å². The lowest BCUT2D eigenvalue weighted by Gasteiger charge is -2.12. The van der Waals surface area contributed by atoms with Crippen LogP contribution in [-0.4, -0.2) is 37.7 Å². The molecule has 1 aliphatic carbocycles. The summed E-state index contributed by atoms with van der Waals surface area (Å²) in [6.45, 7) is 0.566. The molecule has 3 aromatic rings. The number of nitrogens with zero attached hydrogens (tertiary/aromatic N) is 4. The van der Waals surface area contributed by atoms with E-state index in [9.17, 15) is 23.5 Å². The minimum absolute atomic E-state index is 0.144. The van der Waals surface area contributed by atoms with Crippen LogP contribution < -0.4 is 5.32 Å². The molecule has 0 amide bonds. The van der Waals surface area contributed by atoms with Gasteiger partial charge in [0.15, 0.2) is 0 Å². The number of halogens is 3. The summed E-state index contributed by atoms with van der Waals surface area (Å²) in [6, 6.07) is 2.97. The topological polar surface area (TPSA) is 111 Å². The number of anilines is 1. The van der Waals surface area contributed by atoms with Gasteiger partial charge >= 0.3 is 6.18 Å². The molecule has 2 atom stereocenters. The second kappa shape index (κ2) is 7.33. The summed E-state index contributed by atoms with van der Waals surface area (Å²) >= 11 is 0. The third kappa shape index (κ3) is 3.86. The molecule has 0 radical (unpaired) electrons. The number of hydrogen-bond acceptors (Lipinski definition) is 6. The number of rotatable bonds is 4. The molecular weight excluding hydrogens is 385 g/mol. The summed E-state index contributed by atoms with van der Waals surface area (Å²) in [5.74, 6) is 0.564. The molecule has 0 bridgehead atoms. The van der Waals surface area contributed by atoms with Crippen molar-refractivity contribution in [3.63, 3.8) is 0 Å². The van der Waals surface area contributed by atoms with E-state index in [0.717, 1.165) is 25.1 Å². The summed E-state index contributed by atoms with van der Waals surface area (Å²) in [6.07, 6.45) is 1.12. The van der Waals surface area contributed by atoms with Gasteiger partial charge in [-0.2, -0.15) is 18.4 Å². The zero-order chi connectivity index (χ0) is 20.6. The van der Waals surface area contributed by atoms with Crippen LogP contribution >= 0.6 is 0 Å². The maximum Gasteiger partial charge on any atom is 0.417 e. The number of aliphatic hydroxyl groups excluding tert-OH is 1. The molecule has 4 rings (SSSR count). The number of aromatic nitrogens is 4. The van der Waals surface area contributed by atoms with E-state index in [1.54, 1.807) is 0 Å².